The highest BCUT2D eigenvalue weighted by Gasteiger charge is 2.21. The third-order valence-corrected chi connectivity index (χ3v) is 4.64. The third-order valence-electron chi connectivity index (χ3n) is 3.32. The molecule has 0 fully saturated rings. The highest BCUT2D eigenvalue weighted by Crippen LogP contribution is 2.20. The molecule has 11 heteroatoms. The molecule has 7 nitrogen and oxygen atoms in total. The summed E-state index contributed by atoms with van der Waals surface area (Å²) < 4.78 is 71.5. The second-order valence-electron chi connectivity index (χ2n) is 5.17. The number of oxazole rings is 1. The molecule has 0 radical (unpaired) electrons. The third kappa shape index (κ3) is 4.08. The lowest BCUT2D eigenvalue weighted by atomic mass is 10.2. The SMILES string of the molecule is O=C(Nc1ccc(F)c(F)c1)c1cc(S(=O)(=O)Nc2ncco2)ccc1F. The molecule has 3 aromatic rings. The van der Waals surface area contributed by atoms with E-state index in [2.05, 4.69) is 10.3 Å². The van der Waals surface area contributed by atoms with Gasteiger partial charge in [0, 0.05) is 11.8 Å². The first-order chi connectivity index (χ1) is 12.8. The summed E-state index contributed by atoms with van der Waals surface area (Å²) in [6, 6.07) is 4.75. The normalized spacial score (nSPS) is 11.2. The Morgan fingerprint density at radius 3 is 2.41 bits per heavy atom. The number of hydrogen-bond donors (Lipinski definition) is 2. The highest BCUT2D eigenvalue weighted by atomic mass is 32.2. The molecule has 0 saturated heterocycles. The summed E-state index contributed by atoms with van der Waals surface area (Å²) in [6.07, 6.45) is 2.35. The Morgan fingerprint density at radius 1 is 1.00 bits per heavy atom. The van der Waals surface area contributed by atoms with Gasteiger partial charge in [-0.05, 0) is 30.3 Å². The first kappa shape index (κ1) is 18.5. The van der Waals surface area contributed by atoms with E-state index in [0.29, 0.717) is 6.07 Å². The number of hydrogen-bond acceptors (Lipinski definition) is 5. The van der Waals surface area contributed by atoms with Crippen LogP contribution in [0.2, 0.25) is 0 Å². The van der Waals surface area contributed by atoms with Crippen LogP contribution in [0.15, 0.2) is 58.2 Å². The Kier molecular flexibility index (Phi) is 4.86. The lowest BCUT2D eigenvalue weighted by Crippen LogP contribution is -2.17. The van der Waals surface area contributed by atoms with Crippen LogP contribution >= 0.6 is 0 Å². The van der Waals surface area contributed by atoms with E-state index >= 15 is 0 Å². The van der Waals surface area contributed by atoms with Gasteiger partial charge in [0.25, 0.3) is 15.9 Å². The van der Waals surface area contributed by atoms with Crippen LogP contribution in [0.5, 0.6) is 0 Å². The van der Waals surface area contributed by atoms with Gasteiger partial charge in [0.15, 0.2) is 11.6 Å². The van der Waals surface area contributed by atoms with Crippen molar-refractivity contribution >= 4 is 27.6 Å². The minimum atomic E-state index is -4.20. The van der Waals surface area contributed by atoms with E-state index in [-0.39, 0.29) is 11.7 Å². The summed E-state index contributed by atoms with van der Waals surface area (Å²) in [7, 11) is -4.20. The van der Waals surface area contributed by atoms with Crippen LogP contribution in [0, 0.1) is 17.5 Å². The number of nitrogens with one attached hydrogen (secondary N) is 2. The fourth-order valence-electron chi connectivity index (χ4n) is 2.07. The maximum Gasteiger partial charge on any atom is 0.308 e. The van der Waals surface area contributed by atoms with Gasteiger partial charge in [-0.3, -0.25) is 4.79 Å². The number of nitrogens with zero attached hydrogens (tertiary/aromatic N) is 1. The smallest absolute Gasteiger partial charge is 0.308 e. The van der Waals surface area contributed by atoms with Crippen molar-refractivity contribution in [1.82, 2.24) is 4.98 Å². The molecule has 1 heterocycles. The quantitative estimate of drug-likeness (QED) is 0.689. The van der Waals surface area contributed by atoms with Crippen LogP contribution in [0.3, 0.4) is 0 Å². The zero-order chi connectivity index (χ0) is 19.6. The summed E-state index contributed by atoms with van der Waals surface area (Å²) in [5.41, 5.74) is -0.750. The van der Waals surface area contributed by atoms with Crippen LogP contribution < -0.4 is 10.0 Å². The largest absolute Gasteiger partial charge is 0.432 e. The Hall–Kier alpha value is -3.34. The second kappa shape index (κ2) is 7.11. The number of benzene rings is 2. The van der Waals surface area contributed by atoms with Crippen LogP contribution in [0.4, 0.5) is 24.9 Å². The van der Waals surface area contributed by atoms with Crippen molar-refractivity contribution in [3.05, 3.63) is 71.9 Å². The molecule has 3 rings (SSSR count). The summed E-state index contributed by atoms with van der Waals surface area (Å²) in [5, 5.41) is 2.16. The van der Waals surface area contributed by atoms with E-state index < -0.39 is 43.8 Å². The van der Waals surface area contributed by atoms with Crippen molar-refractivity contribution in [2.24, 2.45) is 0 Å². The molecule has 140 valence electrons. The number of anilines is 2. The van der Waals surface area contributed by atoms with Gasteiger partial charge in [-0.2, -0.15) is 0 Å². The molecular weight excluding hydrogens is 387 g/mol. The zero-order valence-corrected chi connectivity index (χ0v) is 14.1. The van der Waals surface area contributed by atoms with E-state index in [0.717, 1.165) is 36.6 Å². The highest BCUT2D eigenvalue weighted by molar-refractivity contribution is 7.92. The van der Waals surface area contributed by atoms with Gasteiger partial charge >= 0.3 is 6.01 Å². The van der Waals surface area contributed by atoms with Gasteiger partial charge in [0.1, 0.15) is 12.1 Å². The van der Waals surface area contributed by atoms with Crippen LogP contribution in [0.1, 0.15) is 10.4 Å². The Morgan fingerprint density at radius 2 is 1.74 bits per heavy atom. The molecule has 27 heavy (non-hydrogen) atoms. The van der Waals surface area contributed by atoms with Gasteiger partial charge in [-0.25, -0.2) is 31.3 Å². The molecule has 2 N–H and O–H groups in total. The summed E-state index contributed by atoms with van der Waals surface area (Å²) >= 11 is 0. The standard InChI is InChI=1S/C16H10F3N3O4S/c17-12-4-2-10(27(24,25)22-16-20-5-6-26-16)8-11(12)15(23)21-9-1-3-13(18)14(19)7-9/h1-8H,(H,20,22)(H,21,23). The molecule has 0 bridgehead atoms. The van der Waals surface area contributed by atoms with Crippen molar-refractivity contribution in [3.8, 4) is 0 Å². The van der Waals surface area contributed by atoms with E-state index in [1.165, 1.54) is 6.20 Å². The van der Waals surface area contributed by atoms with E-state index in [9.17, 15) is 26.4 Å². The summed E-state index contributed by atoms with van der Waals surface area (Å²) in [6.45, 7) is 0. The van der Waals surface area contributed by atoms with Gasteiger partial charge in [-0.1, -0.05) is 0 Å². The van der Waals surface area contributed by atoms with Crippen molar-refractivity contribution in [3.63, 3.8) is 0 Å². The molecule has 0 aliphatic heterocycles. The van der Waals surface area contributed by atoms with Crippen LogP contribution in [-0.4, -0.2) is 19.3 Å². The van der Waals surface area contributed by atoms with Gasteiger partial charge in [-0.15, -0.1) is 0 Å². The molecule has 1 amide bonds. The molecule has 0 saturated carbocycles. The number of amides is 1. The maximum atomic E-state index is 14.0. The molecule has 2 aromatic carbocycles. The van der Waals surface area contributed by atoms with E-state index in [1.807, 2.05) is 4.72 Å². The minimum Gasteiger partial charge on any atom is -0.432 e. The molecule has 0 aliphatic carbocycles. The summed E-state index contributed by atoms with van der Waals surface area (Å²) in [5.74, 6) is -4.39. The van der Waals surface area contributed by atoms with E-state index in [1.54, 1.807) is 0 Å². The molecular formula is C16H10F3N3O4S. The predicted octanol–water partition coefficient (Wildman–Crippen LogP) is 3.15. The Balaban J connectivity index is 1.88. The number of halogens is 3. The maximum absolute atomic E-state index is 14.0. The average Bonchev–Trinajstić information content (AvgIpc) is 3.10. The zero-order valence-electron chi connectivity index (χ0n) is 13.2. The van der Waals surface area contributed by atoms with Gasteiger partial charge in [0.2, 0.25) is 0 Å². The Bertz CT molecular complexity index is 1100. The Labute approximate surface area is 150 Å². The van der Waals surface area contributed by atoms with Crippen LogP contribution in [0.25, 0.3) is 0 Å². The lowest BCUT2D eigenvalue weighted by Gasteiger charge is -2.09. The first-order valence-corrected chi connectivity index (χ1v) is 8.73. The molecule has 0 unspecified atom stereocenters. The van der Waals surface area contributed by atoms with Crippen molar-refractivity contribution in [1.29, 1.82) is 0 Å². The average molecular weight is 397 g/mol. The molecule has 0 spiro atoms. The van der Waals surface area contributed by atoms with Crippen LogP contribution in [-0.2, 0) is 10.0 Å². The number of sulfonamides is 1. The van der Waals surface area contributed by atoms with Crippen molar-refractivity contribution < 1.29 is 30.8 Å². The fourth-order valence-corrected chi connectivity index (χ4v) is 3.03. The van der Waals surface area contributed by atoms with Gasteiger partial charge < -0.3 is 9.73 Å². The number of aromatic nitrogens is 1. The summed E-state index contributed by atoms with van der Waals surface area (Å²) in [4.78, 5) is 15.4. The number of carbonyl (C=O) groups is 1. The van der Waals surface area contributed by atoms with Crippen molar-refractivity contribution in [2.45, 2.75) is 4.90 Å². The number of carbonyl (C=O) groups excluding carboxylic acids is 1. The monoisotopic (exact) mass is 397 g/mol. The van der Waals surface area contributed by atoms with Gasteiger partial charge in [0.05, 0.1) is 16.7 Å². The van der Waals surface area contributed by atoms with E-state index in [4.69, 9.17) is 4.42 Å². The fraction of sp³-hybridized carbons (Fsp3) is 0. The second-order valence-corrected chi connectivity index (χ2v) is 6.85. The number of rotatable bonds is 5. The molecule has 0 aliphatic rings. The molecule has 1 aromatic heterocycles. The topological polar surface area (TPSA) is 101 Å². The molecule has 0 atom stereocenters. The first-order valence-electron chi connectivity index (χ1n) is 7.24. The van der Waals surface area contributed by atoms with Crippen molar-refractivity contribution in [2.75, 3.05) is 10.0 Å². The lowest BCUT2D eigenvalue weighted by molar-refractivity contribution is 0.102. The predicted molar refractivity (Wildman–Crippen MR) is 88.0 cm³/mol. The minimum absolute atomic E-state index is 0.135.